The van der Waals surface area contributed by atoms with Crippen molar-refractivity contribution in [2.75, 3.05) is 20.1 Å². The predicted molar refractivity (Wildman–Crippen MR) is 71.7 cm³/mol. The minimum Gasteiger partial charge on any atom is -0.418 e. The number of nitrogens with one attached hydrogen (secondary N) is 1. The Morgan fingerprint density at radius 2 is 2.10 bits per heavy atom. The molecule has 106 valence electrons. The smallest absolute Gasteiger partial charge is 0.418 e. The number of hydrogen-bond acceptors (Lipinski definition) is 6. The number of carbonyl (C=O) groups excluding carboxylic acids is 1. The van der Waals surface area contributed by atoms with E-state index in [2.05, 4.69) is 5.32 Å². The van der Waals surface area contributed by atoms with Gasteiger partial charge in [-0.2, -0.15) is 0 Å². The molecule has 0 aliphatic carbocycles. The van der Waals surface area contributed by atoms with Gasteiger partial charge in [-0.3, -0.25) is 10.1 Å². The maximum absolute atomic E-state index is 12.0. The summed E-state index contributed by atoms with van der Waals surface area (Å²) < 4.78 is 4.99. The maximum Gasteiger partial charge on any atom is 0.419 e. The summed E-state index contributed by atoms with van der Waals surface area (Å²) in [6.07, 6.45) is 0. The molecule has 0 amide bonds. The van der Waals surface area contributed by atoms with Gasteiger partial charge in [0.1, 0.15) is 5.75 Å². The first kappa shape index (κ1) is 14.1. The lowest BCUT2D eigenvalue weighted by molar-refractivity contribution is -0.422. The van der Waals surface area contributed by atoms with Gasteiger partial charge in [-0.05, 0) is 24.3 Å². The quantitative estimate of drug-likeness (QED) is 0.297. The van der Waals surface area contributed by atoms with E-state index < -0.39 is 16.6 Å². The molecule has 1 fully saturated rings. The average molecular weight is 298 g/mol. The molecule has 2 rings (SSSR count). The van der Waals surface area contributed by atoms with Crippen LogP contribution >= 0.6 is 11.6 Å². The number of nitrogens with zero attached hydrogens (tertiary/aromatic N) is 2. The molecule has 1 aliphatic heterocycles. The lowest BCUT2D eigenvalue weighted by Crippen LogP contribution is -2.27. The first-order chi connectivity index (χ1) is 9.49. The maximum atomic E-state index is 12.0. The SMILES string of the molecule is CN1CCNC1=C(C(=O)Oc1ccc(Cl)cc1)[N+](=O)[O-]. The van der Waals surface area contributed by atoms with Crippen molar-refractivity contribution in [3.8, 4) is 5.75 Å². The third-order valence-corrected chi connectivity index (χ3v) is 3.00. The van der Waals surface area contributed by atoms with Crippen molar-refractivity contribution in [2.24, 2.45) is 0 Å². The standard InChI is InChI=1S/C12H12ClN3O4/c1-15-7-6-14-11(15)10(16(18)19)12(17)20-9-4-2-8(13)3-5-9/h2-5,14H,6-7H2,1H3. The van der Waals surface area contributed by atoms with Crippen LogP contribution in [0.25, 0.3) is 0 Å². The minimum atomic E-state index is -1.02. The van der Waals surface area contributed by atoms with Crippen molar-refractivity contribution in [3.63, 3.8) is 0 Å². The fourth-order valence-electron chi connectivity index (χ4n) is 1.77. The van der Waals surface area contributed by atoms with E-state index in [1.54, 1.807) is 11.9 Å². The summed E-state index contributed by atoms with van der Waals surface area (Å²) >= 11 is 5.71. The Morgan fingerprint density at radius 1 is 1.45 bits per heavy atom. The van der Waals surface area contributed by atoms with Crippen molar-refractivity contribution < 1.29 is 14.5 Å². The zero-order valence-corrected chi connectivity index (χ0v) is 11.4. The van der Waals surface area contributed by atoms with E-state index in [-0.39, 0.29) is 11.6 Å². The summed E-state index contributed by atoms with van der Waals surface area (Å²) in [4.78, 5) is 23.9. The normalized spacial score (nSPS) is 16.6. The lowest BCUT2D eigenvalue weighted by atomic mass is 10.3. The monoisotopic (exact) mass is 297 g/mol. The summed E-state index contributed by atoms with van der Waals surface area (Å²) in [7, 11) is 1.66. The van der Waals surface area contributed by atoms with Crippen LogP contribution in [-0.2, 0) is 4.79 Å². The van der Waals surface area contributed by atoms with Crippen LogP contribution < -0.4 is 10.1 Å². The zero-order chi connectivity index (χ0) is 14.7. The molecule has 1 saturated heterocycles. The third-order valence-electron chi connectivity index (χ3n) is 2.75. The Labute approximate surface area is 119 Å². The molecule has 0 saturated carbocycles. The molecular formula is C12H12ClN3O4. The van der Waals surface area contributed by atoms with Gasteiger partial charge >= 0.3 is 11.7 Å². The summed E-state index contributed by atoms with van der Waals surface area (Å²) in [5.74, 6) is -0.664. The van der Waals surface area contributed by atoms with E-state index in [1.165, 1.54) is 24.3 Å². The summed E-state index contributed by atoms with van der Waals surface area (Å²) in [6, 6.07) is 5.99. The molecule has 0 bridgehead atoms. The van der Waals surface area contributed by atoms with Crippen LogP contribution in [0.3, 0.4) is 0 Å². The largest absolute Gasteiger partial charge is 0.419 e. The molecule has 0 spiro atoms. The molecule has 0 aromatic heterocycles. The molecule has 20 heavy (non-hydrogen) atoms. The second-order valence-corrected chi connectivity index (χ2v) is 4.58. The molecule has 1 heterocycles. The third kappa shape index (κ3) is 3.00. The van der Waals surface area contributed by atoms with Crippen LogP contribution in [0.4, 0.5) is 0 Å². The number of ether oxygens (including phenoxy) is 1. The number of nitro groups is 1. The van der Waals surface area contributed by atoms with Crippen LogP contribution in [-0.4, -0.2) is 35.9 Å². The average Bonchev–Trinajstić information content (AvgIpc) is 2.78. The number of halogens is 1. The first-order valence-electron chi connectivity index (χ1n) is 5.80. The highest BCUT2D eigenvalue weighted by atomic mass is 35.5. The number of esters is 1. The second kappa shape index (κ2) is 5.79. The van der Waals surface area contributed by atoms with Gasteiger partial charge in [0.05, 0.1) is 4.92 Å². The summed E-state index contributed by atoms with van der Waals surface area (Å²) in [5, 5.41) is 14.4. The highest BCUT2D eigenvalue weighted by molar-refractivity contribution is 6.30. The molecule has 7 nitrogen and oxygen atoms in total. The number of benzene rings is 1. The molecule has 1 N–H and O–H groups in total. The van der Waals surface area contributed by atoms with Gasteiger partial charge in [-0.25, -0.2) is 4.79 Å². The van der Waals surface area contributed by atoms with E-state index >= 15 is 0 Å². The van der Waals surface area contributed by atoms with Gasteiger partial charge < -0.3 is 15.0 Å². The molecule has 0 atom stereocenters. The molecule has 1 aromatic carbocycles. The first-order valence-corrected chi connectivity index (χ1v) is 6.18. The van der Waals surface area contributed by atoms with Crippen LogP contribution in [0.1, 0.15) is 0 Å². The fourth-order valence-corrected chi connectivity index (χ4v) is 1.89. The van der Waals surface area contributed by atoms with E-state index in [0.717, 1.165) is 0 Å². The van der Waals surface area contributed by atoms with Gasteiger partial charge in [-0.1, -0.05) is 11.6 Å². The number of likely N-dealkylation sites (N-methyl/N-ethyl adjacent to an activating group) is 1. The molecule has 0 radical (unpaired) electrons. The predicted octanol–water partition coefficient (Wildman–Crippen LogP) is 1.23. The molecule has 1 aliphatic rings. The molecule has 8 heteroatoms. The van der Waals surface area contributed by atoms with E-state index in [1.807, 2.05) is 0 Å². The second-order valence-electron chi connectivity index (χ2n) is 4.15. The van der Waals surface area contributed by atoms with E-state index in [4.69, 9.17) is 16.3 Å². The van der Waals surface area contributed by atoms with Crippen LogP contribution in [0, 0.1) is 10.1 Å². The molecule has 1 aromatic rings. The number of rotatable bonds is 3. The van der Waals surface area contributed by atoms with Crippen molar-refractivity contribution in [3.05, 3.63) is 50.9 Å². The Kier molecular flexibility index (Phi) is 4.09. The Hall–Kier alpha value is -2.28. The lowest BCUT2D eigenvalue weighted by Gasteiger charge is -2.11. The molecular weight excluding hydrogens is 286 g/mol. The zero-order valence-electron chi connectivity index (χ0n) is 10.6. The van der Waals surface area contributed by atoms with Crippen molar-refractivity contribution in [1.29, 1.82) is 0 Å². The van der Waals surface area contributed by atoms with Crippen LogP contribution in [0.5, 0.6) is 5.75 Å². The summed E-state index contributed by atoms with van der Waals surface area (Å²) in [6.45, 7) is 1.12. The van der Waals surface area contributed by atoms with Gasteiger partial charge in [0.25, 0.3) is 0 Å². The van der Waals surface area contributed by atoms with E-state index in [9.17, 15) is 14.9 Å². The van der Waals surface area contributed by atoms with Crippen LogP contribution in [0.15, 0.2) is 35.8 Å². The van der Waals surface area contributed by atoms with Crippen molar-refractivity contribution in [2.45, 2.75) is 0 Å². The number of carbonyl (C=O) groups is 1. The van der Waals surface area contributed by atoms with Crippen LogP contribution in [0.2, 0.25) is 5.02 Å². The Balaban J connectivity index is 2.24. The number of hydrogen-bond donors (Lipinski definition) is 1. The Bertz CT molecular complexity index is 571. The minimum absolute atomic E-state index is 0.161. The highest BCUT2D eigenvalue weighted by Gasteiger charge is 2.34. The van der Waals surface area contributed by atoms with Gasteiger partial charge in [0, 0.05) is 25.2 Å². The summed E-state index contributed by atoms with van der Waals surface area (Å²) in [5.41, 5.74) is -0.611. The topological polar surface area (TPSA) is 84.7 Å². The molecule has 0 unspecified atom stereocenters. The highest BCUT2D eigenvalue weighted by Crippen LogP contribution is 2.18. The van der Waals surface area contributed by atoms with Crippen molar-refractivity contribution in [1.82, 2.24) is 10.2 Å². The van der Waals surface area contributed by atoms with Gasteiger partial charge in [-0.15, -0.1) is 0 Å². The van der Waals surface area contributed by atoms with Gasteiger partial charge in [0.15, 0.2) is 5.82 Å². The van der Waals surface area contributed by atoms with E-state index in [0.29, 0.717) is 18.1 Å². The fraction of sp³-hybridized carbons (Fsp3) is 0.250. The van der Waals surface area contributed by atoms with Gasteiger partial charge in [0.2, 0.25) is 0 Å². The Morgan fingerprint density at radius 3 is 2.60 bits per heavy atom. The van der Waals surface area contributed by atoms with Crippen molar-refractivity contribution >= 4 is 17.6 Å².